The van der Waals surface area contributed by atoms with E-state index in [4.69, 9.17) is 4.74 Å². The van der Waals surface area contributed by atoms with E-state index in [2.05, 4.69) is 46.4 Å². The van der Waals surface area contributed by atoms with E-state index in [-0.39, 0.29) is 0 Å². The molecule has 2 aromatic rings. The molecule has 0 bridgehead atoms. The highest BCUT2D eigenvalue weighted by Crippen LogP contribution is 2.21. The van der Waals surface area contributed by atoms with Gasteiger partial charge in [0, 0.05) is 18.4 Å². The van der Waals surface area contributed by atoms with Crippen molar-refractivity contribution >= 4 is 0 Å². The van der Waals surface area contributed by atoms with Crippen LogP contribution in [0, 0.1) is 0 Å². The largest absolute Gasteiger partial charge is 0.457 e. The Bertz CT molecular complexity index is 629. The van der Waals surface area contributed by atoms with Gasteiger partial charge in [-0.15, -0.1) is 0 Å². The molecule has 0 unspecified atom stereocenters. The van der Waals surface area contributed by atoms with Gasteiger partial charge in [0.05, 0.1) is 54.4 Å². The number of benzene rings is 2. The summed E-state index contributed by atoms with van der Waals surface area (Å²) in [6.07, 6.45) is 2.54. The Kier molecular flexibility index (Phi) is 9.32. The molecular formula is C23H38N3O+3. The highest BCUT2D eigenvalue weighted by Gasteiger charge is 2.12. The second-order valence-electron chi connectivity index (χ2n) is 8.11. The van der Waals surface area contributed by atoms with Crippen LogP contribution in [0.3, 0.4) is 0 Å². The number of quaternary nitrogens is 3. The lowest BCUT2D eigenvalue weighted by molar-refractivity contribution is -0.925. The third-order valence-electron chi connectivity index (χ3n) is 4.75. The van der Waals surface area contributed by atoms with Crippen LogP contribution in [0.15, 0.2) is 54.6 Å². The quantitative estimate of drug-likeness (QED) is 0.477. The van der Waals surface area contributed by atoms with Crippen LogP contribution >= 0.6 is 0 Å². The van der Waals surface area contributed by atoms with Gasteiger partial charge in [0.25, 0.3) is 0 Å². The summed E-state index contributed by atoms with van der Waals surface area (Å²) in [5.74, 6) is 1.82. The molecule has 0 aliphatic heterocycles. The Morgan fingerprint density at radius 1 is 0.667 bits per heavy atom. The Hall–Kier alpha value is -1.88. The van der Waals surface area contributed by atoms with Crippen molar-refractivity contribution in [2.45, 2.75) is 19.4 Å². The molecule has 0 amide bonds. The van der Waals surface area contributed by atoms with Gasteiger partial charge in [0.1, 0.15) is 18.0 Å². The molecule has 0 fully saturated rings. The molecule has 4 nitrogen and oxygen atoms in total. The van der Waals surface area contributed by atoms with Crippen molar-refractivity contribution in [3.05, 3.63) is 60.2 Å². The van der Waals surface area contributed by atoms with E-state index < -0.39 is 0 Å². The van der Waals surface area contributed by atoms with Gasteiger partial charge >= 0.3 is 0 Å². The molecule has 0 aliphatic rings. The fourth-order valence-electron chi connectivity index (χ4n) is 3.32. The third kappa shape index (κ3) is 9.05. The first-order valence-corrected chi connectivity index (χ1v) is 10.3. The highest BCUT2D eigenvalue weighted by molar-refractivity contribution is 5.33. The van der Waals surface area contributed by atoms with Gasteiger partial charge in [-0.3, -0.25) is 0 Å². The summed E-state index contributed by atoms with van der Waals surface area (Å²) in [7, 11) is 8.94. The average Bonchev–Trinajstić information content (AvgIpc) is 2.62. The van der Waals surface area contributed by atoms with Gasteiger partial charge in [-0.25, -0.2) is 0 Å². The summed E-state index contributed by atoms with van der Waals surface area (Å²) in [5.41, 5.74) is 1.35. The molecule has 0 saturated carbocycles. The zero-order valence-corrected chi connectivity index (χ0v) is 17.6. The Labute approximate surface area is 165 Å². The summed E-state index contributed by atoms with van der Waals surface area (Å²) in [6, 6.07) is 18.6. The maximum Gasteiger partial charge on any atom is 0.127 e. The zero-order chi connectivity index (χ0) is 19.5. The minimum Gasteiger partial charge on any atom is -0.457 e. The molecule has 2 aromatic carbocycles. The molecule has 148 valence electrons. The minimum atomic E-state index is 0.891. The first-order valence-electron chi connectivity index (χ1n) is 10.3. The van der Waals surface area contributed by atoms with Crippen LogP contribution in [-0.4, -0.2) is 54.4 Å². The van der Waals surface area contributed by atoms with Crippen LogP contribution < -0.4 is 19.4 Å². The van der Waals surface area contributed by atoms with E-state index in [9.17, 15) is 0 Å². The molecule has 0 heterocycles. The van der Waals surface area contributed by atoms with E-state index in [0.717, 1.165) is 18.0 Å². The molecule has 0 aromatic heterocycles. The molecule has 0 radical (unpaired) electrons. The van der Waals surface area contributed by atoms with Crippen LogP contribution in [0.4, 0.5) is 0 Å². The van der Waals surface area contributed by atoms with Crippen molar-refractivity contribution in [2.24, 2.45) is 0 Å². The normalized spacial score (nSPS) is 11.5. The lowest BCUT2D eigenvalue weighted by Gasteiger charge is -2.21. The molecular weight excluding hydrogens is 334 g/mol. The van der Waals surface area contributed by atoms with Crippen LogP contribution in [0.2, 0.25) is 0 Å². The lowest BCUT2D eigenvalue weighted by Crippen LogP contribution is -3.13. The predicted molar refractivity (Wildman–Crippen MR) is 112 cm³/mol. The van der Waals surface area contributed by atoms with E-state index in [0.29, 0.717) is 0 Å². The summed E-state index contributed by atoms with van der Waals surface area (Å²) in [6.45, 7) is 6.01. The van der Waals surface area contributed by atoms with Gasteiger partial charge in [-0.1, -0.05) is 30.3 Å². The monoisotopic (exact) mass is 372 g/mol. The molecule has 0 atom stereocenters. The van der Waals surface area contributed by atoms with Crippen molar-refractivity contribution in [3.63, 3.8) is 0 Å². The fraction of sp³-hybridized carbons (Fsp3) is 0.478. The molecule has 0 aliphatic carbocycles. The smallest absolute Gasteiger partial charge is 0.127 e. The summed E-state index contributed by atoms with van der Waals surface area (Å²) in [4.78, 5) is 4.74. The van der Waals surface area contributed by atoms with Gasteiger partial charge in [0.2, 0.25) is 0 Å². The molecule has 3 N–H and O–H groups in total. The minimum absolute atomic E-state index is 0.891. The van der Waals surface area contributed by atoms with Crippen LogP contribution in [0.5, 0.6) is 11.5 Å². The van der Waals surface area contributed by atoms with Gasteiger partial charge in [-0.05, 0) is 24.3 Å². The van der Waals surface area contributed by atoms with Crippen LogP contribution in [-0.2, 0) is 6.54 Å². The molecule has 0 spiro atoms. The molecule has 0 saturated heterocycles. The van der Waals surface area contributed by atoms with Crippen molar-refractivity contribution in [1.29, 1.82) is 0 Å². The maximum absolute atomic E-state index is 6.01. The van der Waals surface area contributed by atoms with Crippen molar-refractivity contribution in [2.75, 3.05) is 54.4 Å². The fourth-order valence-corrected chi connectivity index (χ4v) is 3.32. The highest BCUT2D eigenvalue weighted by atomic mass is 16.5. The second-order valence-corrected chi connectivity index (χ2v) is 8.11. The predicted octanol–water partition coefficient (Wildman–Crippen LogP) is -0.0670. The first-order chi connectivity index (χ1) is 13.0. The number of ether oxygens (including phenoxy) is 1. The van der Waals surface area contributed by atoms with Crippen molar-refractivity contribution in [3.8, 4) is 11.5 Å². The zero-order valence-electron chi connectivity index (χ0n) is 17.6. The van der Waals surface area contributed by atoms with Crippen LogP contribution in [0.25, 0.3) is 0 Å². The number of hydrogen-bond donors (Lipinski definition) is 3. The van der Waals surface area contributed by atoms with E-state index in [1.807, 2.05) is 36.4 Å². The van der Waals surface area contributed by atoms with Crippen molar-refractivity contribution in [1.82, 2.24) is 0 Å². The van der Waals surface area contributed by atoms with Gasteiger partial charge < -0.3 is 19.4 Å². The van der Waals surface area contributed by atoms with Crippen molar-refractivity contribution < 1.29 is 19.4 Å². The Balaban J connectivity index is 1.96. The first kappa shape index (κ1) is 21.4. The SMILES string of the molecule is C[NH+](C)CCC[NH+](CCC[NH+](C)C)Cc1cccc(Oc2ccccc2)c1. The number of rotatable bonds is 12. The Morgan fingerprint density at radius 2 is 1.26 bits per heavy atom. The third-order valence-corrected chi connectivity index (χ3v) is 4.75. The second kappa shape index (κ2) is 11.8. The van der Waals surface area contributed by atoms with Gasteiger partial charge in [-0.2, -0.15) is 0 Å². The topological polar surface area (TPSA) is 22.6 Å². The summed E-state index contributed by atoms with van der Waals surface area (Å²) < 4.78 is 6.01. The number of hydrogen-bond acceptors (Lipinski definition) is 1. The standard InChI is InChI=1S/C23H35N3O/c1-24(2)15-9-17-26(18-10-16-25(3)4)20-21-11-8-14-23(19-21)27-22-12-6-5-7-13-22/h5-8,11-14,19H,9-10,15-18,20H2,1-4H3/p+3. The molecule has 27 heavy (non-hydrogen) atoms. The summed E-state index contributed by atoms with van der Waals surface area (Å²) >= 11 is 0. The Morgan fingerprint density at radius 3 is 1.85 bits per heavy atom. The average molecular weight is 373 g/mol. The van der Waals surface area contributed by atoms with E-state index in [1.54, 1.807) is 4.90 Å². The molecule has 4 heteroatoms. The van der Waals surface area contributed by atoms with E-state index >= 15 is 0 Å². The van der Waals surface area contributed by atoms with E-state index in [1.165, 1.54) is 54.4 Å². The number of nitrogens with one attached hydrogen (secondary N) is 3. The lowest BCUT2D eigenvalue weighted by atomic mass is 10.2. The number of para-hydroxylation sites is 1. The maximum atomic E-state index is 6.01. The summed E-state index contributed by atoms with van der Waals surface area (Å²) in [5, 5.41) is 0. The van der Waals surface area contributed by atoms with Crippen LogP contribution in [0.1, 0.15) is 18.4 Å². The van der Waals surface area contributed by atoms with Gasteiger partial charge in [0.15, 0.2) is 0 Å². The molecule has 2 rings (SSSR count).